The molecule has 2 N–H and O–H groups in total. The van der Waals surface area contributed by atoms with Crippen LogP contribution in [0.5, 0.6) is 11.5 Å². The lowest BCUT2D eigenvalue weighted by Gasteiger charge is -2.24. The number of urea groups is 1. The molecule has 1 aliphatic rings. The van der Waals surface area contributed by atoms with Gasteiger partial charge < -0.3 is 25.2 Å². The van der Waals surface area contributed by atoms with E-state index in [1.165, 1.54) is 0 Å². The van der Waals surface area contributed by atoms with Crippen LogP contribution in [0.25, 0.3) is 0 Å². The second kappa shape index (κ2) is 10.3. The minimum absolute atomic E-state index is 0.0888. The van der Waals surface area contributed by atoms with E-state index < -0.39 is 0 Å². The minimum atomic E-state index is -0.315. The van der Waals surface area contributed by atoms with Crippen molar-refractivity contribution in [3.8, 4) is 11.5 Å². The van der Waals surface area contributed by atoms with Crippen LogP contribution in [0.1, 0.15) is 18.9 Å². The van der Waals surface area contributed by atoms with Crippen LogP contribution >= 0.6 is 0 Å². The first-order valence-electron chi connectivity index (χ1n) is 11.4. The number of hydrogen-bond acceptors (Lipinski definition) is 4. The molecule has 1 aliphatic heterocycles. The molecule has 0 spiro atoms. The highest BCUT2D eigenvalue weighted by molar-refractivity contribution is 5.99. The third kappa shape index (κ3) is 5.67. The van der Waals surface area contributed by atoms with Gasteiger partial charge in [-0.1, -0.05) is 18.2 Å². The summed E-state index contributed by atoms with van der Waals surface area (Å²) in [7, 11) is 1.85. The molecular weight excluding hydrogens is 428 g/mol. The van der Waals surface area contributed by atoms with Gasteiger partial charge in [-0.15, -0.1) is 0 Å². The maximum absolute atomic E-state index is 12.4. The average Bonchev–Trinajstić information content (AvgIpc) is 3.32. The number of anilines is 3. The molecule has 3 aromatic rings. The summed E-state index contributed by atoms with van der Waals surface area (Å²) >= 11 is 0. The molecule has 1 heterocycles. The van der Waals surface area contributed by atoms with E-state index in [9.17, 15) is 9.59 Å². The van der Waals surface area contributed by atoms with Crippen LogP contribution in [-0.4, -0.2) is 43.0 Å². The van der Waals surface area contributed by atoms with Crippen molar-refractivity contribution in [2.45, 2.75) is 26.3 Å². The molecule has 4 rings (SSSR count). The van der Waals surface area contributed by atoms with Gasteiger partial charge in [0.25, 0.3) is 0 Å². The maximum Gasteiger partial charge on any atom is 0.323 e. The number of ether oxygens (including phenoxy) is 1. The first-order chi connectivity index (χ1) is 16.4. The second-order valence-corrected chi connectivity index (χ2v) is 8.54. The fourth-order valence-corrected chi connectivity index (χ4v) is 4.00. The molecule has 1 unspecified atom stereocenters. The molecule has 1 fully saturated rings. The standard InChI is InChI=1S/C27H30N4O3/c1-19-6-4-5-7-26(19)34-25-14-10-22(11-15-25)29-27(33)28-21-8-12-23(13-9-21)31-17-16-24(18-31)30(3)20(2)32/h4-15,24H,16-18H2,1-3H3,(H2,28,29,33). The van der Waals surface area contributed by atoms with Gasteiger partial charge in [-0.2, -0.15) is 0 Å². The van der Waals surface area contributed by atoms with Crippen LogP contribution in [0.2, 0.25) is 0 Å². The van der Waals surface area contributed by atoms with Gasteiger partial charge in [-0.25, -0.2) is 4.79 Å². The van der Waals surface area contributed by atoms with Crippen molar-refractivity contribution in [1.82, 2.24) is 4.90 Å². The lowest BCUT2D eigenvalue weighted by atomic mass is 10.2. The Morgan fingerprint density at radius 1 is 0.941 bits per heavy atom. The van der Waals surface area contributed by atoms with Crippen molar-refractivity contribution in [3.05, 3.63) is 78.4 Å². The summed E-state index contributed by atoms with van der Waals surface area (Å²) in [6.45, 7) is 5.31. The third-order valence-electron chi connectivity index (χ3n) is 6.13. The van der Waals surface area contributed by atoms with Crippen LogP contribution in [0.15, 0.2) is 72.8 Å². The second-order valence-electron chi connectivity index (χ2n) is 8.54. The number of hydrogen-bond donors (Lipinski definition) is 2. The van der Waals surface area contributed by atoms with E-state index in [1.807, 2.05) is 79.5 Å². The normalized spacial score (nSPS) is 15.0. The molecule has 0 bridgehead atoms. The molecule has 176 valence electrons. The average molecular weight is 459 g/mol. The molecule has 3 aromatic carbocycles. The van der Waals surface area contributed by atoms with Crippen LogP contribution < -0.4 is 20.3 Å². The maximum atomic E-state index is 12.4. The number of likely N-dealkylation sites (N-methyl/N-ethyl adjacent to an activating group) is 1. The molecule has 0 aliphatic carbocycles. The smallest absolute Gasteiger partial charge is 0.323 e. The number of nitrogens with zero attached hydrogens (tertiary/aromatic N) is 2. The molecule has 7 nitrogen and oxygen atoms in total. The fourth-order valence-electron chi connectivity index (χ4n) is 4.00. The summed E-state index contributed by atoms with van der Waals surface area (Å²) in [4.78, 5) is 28.1. The van der Waals surface area contributed by atoms with E-state index in [2.05, 4.69) is 15.5 Å². The van der Waals surface area contributed by atoms with E-state index in [0.717, 1.165) is 36.5 Å². The number of rotatable bonds is 6. The largest absolute Gasteiger partial charge is 0.457 e. The fraction of sp³-hybridized carbons (Fsp3) is 0.259. The Morgan fingerprint density at radius 3 is 2.18 bits per heavy atom. The topological polar surface area (TPSA) is 73.9 Å². The Bertz CT molecular complexity index is 1150. The van der Waals surface area contributed by atoms with Crippen LogP contribution in [0.4, 0.5) is 21.9 Å². The van der Waals surface area contributed by atoms with Crippen LogP contribution in [0, 0.1) is 6.92 Å². The van der Waals surface area contributed by atoms with Gasteiger partial charge in [-0.3, -0.25) is 4.79 Å². The Balaban J connectivity index is 1.29. The summed E-state index contributed by atoms with van der Waals surface area (Å²) in [5.74, 6) is 1.60. The summed E-state index contributed by atoms with van der Waals surface area (Å²) in [5.41, 5.74) is 3.51. The van der Waals surface area contributed by atoms with Crippen LogP contribution in [0.3, 0.4) is 0 Å². The Kier molecular flexibility index (Phi) is 7.01. The first kappa shape index (κ1) is 23.2. The molecule has 0 saturated carbocycles. The zero-order valence-electron chi connectivity index (χ0n) is 19.7. The highest BCUT2D eigenvalue weighted by atomic mass is 16.5. The van der Waals surface area contributed by atoms with Crippen molar-refractivity contribution in [2.24, 2.45) is 0 Å². The number of para-hydroxylation sites is 1. The van der Waals surface area contributed by atoms with Gasteiger partial charge >= 0.3 is 6.03 Å². The number of benzene rings is 3. The first-order valence-corrected chi connectivity index (χ1v) is 11.4. The van der Waals surface area contributed by atoms with Gasteiger partial charge in [0.15, 0.2) is 0 Å². The predicted octanol–water partition coefficient (Wildman–Crippen LogP) is 5.49. The Hall–Kier alpha value is -4.00. The number of carbonyl (C=O) groups is 2. The van der Waals surface area contributed by atoms with Crippen molar-refractivity contribution in [3.63, 3.8) is 0 Å². The van der Waals surface area contributed by atoms with Gasteiger partial charge in [0.2, 0.25) is 5.91 Å². The van der Waals surface area contributed by atoms with Crippen molar-refractivity contribution >= 4 is 29.0 Å². The molecule has 0 aromatic heterocycles. The Morgan fingerprint density at radius 2 is 1.56 bits per heavy atom. The predicted molar refractivity (Wildman–Crippen MR) is 136 cm³/mol. The monoisotopic (exact) mass is 458 g/mol. The zero-order valence-corrected chi connectivity index (χ0v) is 19.7. The summed E-state index contributed by atoms with van der Waals surface area (Å²) in [5, 5.41) is 5.70. The molecule has 7 heteroatoms. The highest BCUT2D eigenvalue weighted by Crippen LogP contribution is 2.26. The third-order valence-corrected chi connectivity index (χ3v) is 6.13. The number of amides is 3. The highest BCUT2D eigenvalue weighted by Gasteiger charge is 2.27. The van der Waals surface area contributed by atoms with Crippen LogP contribution in [-0.2, 0) is 4.79 Å². The number of carbonyl (C=O) groups excluding carboxylic acids is 2. The summed E-state index contributed by atoms with van der Waals surface area (Å²) in [6, 6.07) is 22.7. The molecule has 0 radical (unpaired) electrons. The van der Waals surface area contributed by atoms with E-state index in [0.29, 0.717) is 17.1 Å². The summed E-state index contributed by atoms with van der Waals surface area (Å²) in [6.07, 6.45) is 0.952. The Labute approximate surface area is 200 Å². The molecule has 3 amide bonds. The number of nitrogens with one attached hydrogen (secondary N) is 2. The van der Waals surface area contributed by atoms with Gasteiger partial charge in [0, 0.05) is 44.1 Å². The SMILES string of the molecule is CC(=O)N(C)C1CCN(c2ccc(NC(=O)Nc3ccc(Oc4ccccc4C)cc3)cc2)C1. The molecule has 1 saturated heterocycles. The van der Waals surface area contributed by atoms with Crippen molar-refractivity contribution in [2.75, 3.05) is 35.7 Å². The van der Waals surface area contributed by atoms with Crippen molar-refractivity contribution in [1.29, 1.82) is 0 Å². The molecular formula is C27H30N4O3. The lowest BCUT2D eigenvalue weighted by Crippen LogP contribution is -2.37. The molecule has 1 atom stereocenters. The quantitative estimate of drug-likeness (QED) is 0.512. The summed E-state index contributed by atoms with van der Waals surface area (Å²) < 4.78 is 5.90. The van der Waals surface area contributed by atoms with E-state index in [4.69, 9.17) is 4.74 Å². The minimum Gasteiger partial charge on any atom is -0.457 e. The van der Waals surface area contributed by atoms with Crippen molar-refractivity contribution < 1.29 is 14.3 Å². The van der Waals surface area contributed by atoms with Gasteiger partial charge in [0.1, 0.15) is 11.5 Å². The lowest BCUT2D eigenvalue weighted by molar-refractivity contribution is -0.129. The molecule has 34 heavy (non-hydrogen) atoms. The zero-order chi connectivity index (χ0) is 24.1. The number of aryl methyl sites for hydroxylation is 1. The van der Waals surface area contributed by atoms with E-state index in [-0.39, 0.29) is 18.0 Å². The van der Waals surface area contributed by atoms with Gasteiger partial charge in [0.05, 0.1) is 6.04 Å². The van der Waals surface area contributed by atoms with E-state index in [1.54, 1.807) is 19.1 Å². The van der Waals surface area contributed by atoms with Gasteiger partial charge in [-0.05, 0) is 73.5 Å². The van der Waals surface area contributed by atoms with E-state index >= 15 is 0 Å².